The van der Waals surface area contributed by atoms with Crippen LogP contribution in [0.5, 0.6) is 0 Å². The van der Waals surface area contributed by atoms with Crippen molar-refractivity contribution in [2.45, 2.75) is 50.1 Å². The molecule has 2 aromatic rings. The topological polar surface area (TPSA) is 64.7 Å². The average molecular weight is 453 g/mol. The van der Waals surface area contributed by atoms with E-state index in [1.165, 1.54) is 0 Å². The van der Waals surface area contributed by atoms with Crippen molar-refractivity contribution in [3.63, 3.8) is 0 Å². The van der Waals surface area contributed by atoms with Crippen molar-refractivity contribution in [3.8, 4) is 0 Å². The van der Waals surface area contributed by atoms with Crippen LogP contribution in [0.1, 0.15) is 60.8 Å². The summed E-state index contributed by atoms with van der Waals surface area (Å²) in [4.78, 5) is 27.7. The van der Waals surface area contributed by atoms with Gasteiger partial charge in [-0.1, -0.05) is 48.9 Å². The second-order valence-corrected chi connectivity index (χ2v) is 9.24. The summed E-state index contributed by atoms with van der Waals surface area (Å²) in [6.45, 7) is 0.708. The Kier molecular flexibility index (Phi) is 7.40. The molecule has 2 aromatic carbocycles. The highest BCUT2D eigenvalue weighted by molar-refractivity contribution is 5.89. The van der Waals surface area contributed by atoms with Crippen molar-refractivity contribution >= 4 is 11.8 Å². The monoisotopic (exact) mass is 452 g/mol. The molecule has 0 aromatic heterocycles. The molecule has 1 aliphatic heterocycles. The normalized spacial score (nSPS) is 19.4. The van der Waals surface area contributed by atoms with E-state index in [0.29, 0.717) is 24.4 Å². The minimum absolute atomic E-state index is 0.103. The van der Waals surface area contributed by atoms with E-state index in [1.807, 2.05) is 56.6 Å². The molecule has 2 aliphatic rings. The molecule has 1 aliphatic carbocycles. The molecule has 6 nitrogen and oxygen atoms in total. The predicted molar refractivity (Wildman–Crippen MR) is 126 cm³/mol. The number of nitrogens with one attached hydrogen (secondary N) is 2. The van der Waals surface area contributed by atoms with Crippen molar-refractivity contribution in [3.05, 3.63) is 71.0 Å². The van der Waals surface area contributed by atoms with Gasteiger partial charge >= 0.3 is 0 Å². The predicted octanol–water partition coefficient (Wildman–Crippen LogP) is 3.36. The summed E-state index contributed by atoms with van der Waals surface area (Å²) in [5, 5.41) is 4.83. The van der Waals surface area contributed by atoms with E-state index in [9.17, 15) is 14.0 Å². The lowest BCUT2D eigenvalue weighted by molar-refractivity contribution is -0.138. The summed E-state index contributed by atoms with van der Waals surface area (Å²) >= 11 is 0. The molecule has 176 valence electrons. The molecule has 0 bridgehead atoms. The number of halogens is 1. The van der Waals surface area contributed by atoms with Crippen LogP contribution >= 0.6 is 0 Å². The molecule has 7 heteroatoms. The van der Waals surface area contributed by atoms with Crippen molar-refractivity contribution in [1.82, 2.24) is 20.7 Å². The van der Waals surface area contributed by atoms with E-state index in [4.69, 9.17) is 0 Å². The highest BCUT2D eigenvalue weighted by Crippen LogP contribution is 2.38. The number of nitrogens with zero attached hydrogens (tertiary/aromatic N) is 2. The maximum Gasteiger partial charge on any atom is 0.243 e. The maximum absolute atomic E-state index is 15.0. The molecule has 2 amide bonds. The lowest BCUT2D eigenvalue weighted by Crippen LogP contribution is -2.50. The van der Waals surface area contributed by atoms with E-state index in [1.54, 1.807) is 16.0 Å². The Bertz CT molecular complexity index is 978. The van der Waals surface area contributed by atoms with Gasteiger partial charge in [0.25, 0.3) is 0 Å². The van der Waals surface area contributed by atoms with Crippen LogP contribution in [0.25, 0.3) is 0 Å². The lowest BCUT2D eigenvalue weighted by atomic mass is 9.79. The van der Waals surface area contributed by atoms with Gasteiger partial charge in [0.2, 0.25) is 11.8 Å². The smallest absolute Gasteiger partial charge is 0.243 e. The number of benzene rings is 2. The molecule has 1 saturated carbocycles. The van der Waals surface area contributed by atoms with Gasteiger partial charge in [0.05, 0.1) is 12.6 Å². The van der Waals surface area contributed by atoms with Crippen molar-refractivity contribution in [1.29, 1.82) is 0 Å². The van der Waals surface area contributed by atoms with Gasteiger partial charge in [-0.2, -0.15) is 0 Å². The summed E-state index contributed by atoms with van der Waals surface area (Å²) in [5.41, 5.74) is 5.33. The summed E-state index contributed by atoms with van der Waals surface area (Å²) in [6, 6.07) is 13.9. The number of rotatable bonds is 8. The number of carbonyl (C=O) groups excluding carboxylic acids is 2. The molecule has 4 rings (SSSR count). The summed E-state index contributed by atoms with van der Waals surface area (Å²) in [5.74, 6) is -0.214. The molecule has 2 unspecified atom stereocenters. The first kappa shape index (κ1) is 23.4. The van der Waals surface area contributed by atoms with Gasteiger partial charge in [-0.05, 0) is 54.4 Å². The standard InChI is InChI=1S/C26H33FN4O2/c1-30(2)28-17-24(32)31-15-7-12-23(31)26(33)29-25(19-8-4-3-5-9-19)20-13-14-21(22(27)16-20)18-10-6-11-18/h3-5,8-9,13-14,16,18,23,25,28H,6-7,10-12,15,17H2,1-2H3,(H,29,33). The number of hydrazine groups is 1. The van der Waals surface area contributed by atoms with Crippen LogP contribution in [0.4, 0.5) is 4.39 Å². The number of hydrogen-bond donors (Lipinski definition) is 2. The SMILES string of the molecule is CN(C)NCC(=O)N1CCCC1C(=O)NC(c1ccccc1)c1ccc(C2CCC2)c(F)c1. The fraction of sp³-hybridized carbons (Fsp3) is 0.462. The number of carbonyl (C=O) groups is 2. The van der Waals surface area contributed by atoms with Gasteiger partial charge in [-0.25, -0.2) is 9.82 Å². The van der Waals surface area contributed by atoms with Gasteiger partial charge in [0.15, 0.2) is 0 Å². The Labute approximate surface area is 195 Å². The third-order valence-electron chi connectivity index (χ3n) is 6.74. The number of hydrogen-bond acceptors (Lipinski definition) is 4. The molecule has 0 spiro atoms. The average Bonchev–Trinajstić information content (AvgIpc) is 3.26. The maximum atomic E-state index is 15.0. The van der Waals surface area contributed by atoms with Gasteiger partial charge in [0, 0.05) is 20.6 Å². The van der Waals surface area contributed by atoms with E-state index in [2.05, 4.69) is 10.7 Å². The Morgan fingerprint density at radius 2 is 1.82 bits per heavy atom. The van der Waals surface area contributed by atoms with Crippen molar-refractivity contribution in [2.24, 2.45) is 0 Å². The van der Waals surface area contributed by atoms with E-state index >= 15 is 0 Å². The summed E-state index contributed by atoms with van der Waals surface area (Å²) in [7, 11) is 3.64. The molecule has 33 heavy (non-hydrogen) atoms. The molecular formula is C26H33FN4O2. The van der Waals surface area contributed by atoms with Crippen LogP contribution in [0, 0.1) is 5.82 Å². The van der Waals surface area contributed by atoms with Crippen LogP contribution in [-0.2, 0) is 9.59 Å². The molecule has 2 atom stereocenters. The van der Waals surface area contributed by atoms with Gasteiger partial charge in [-0.15, -0.1) is 0 Å². The minimum atomic E-state index is -0.522. The van der Waals surface area contributed by atoms with Crippen LogP contribution in [0.3, 0.4) is 0 Å². The molecule has 0 radical (unpaired) electrons. The summed E-state index contributed by atoms with van der Waals surface area (Å²) < 4.78 is 15.0. The quantitative estimate of drug-likeness (QED) is 0.603. The third kappa shape index (κ3) is 5.42. The fourth-order valence-corrected chi connectivity index (χ4v) is 4.68. The Morgan fingerprint density at radius 3 is 2.45 bits per heavy atom. The van der Waals surface area contributed by atoms with Crippen molar-refractivity contribution < 1.29 is 14.0 Å². The lowest BCUT2D eigenvalue weighted by Gasteiger charge is -2.29. The van der Waals surface area contributed by atoms with Gasteiger partial charge in [-0.3, -0.25) is 14.6 Å². The van der Waals surface area contributed by atoms with Crippen LogP contribution in [0.2, 0.25) is 0 Å². The highest BCUT2D eigenvalue weighted by atomic mass is 19.1. The molecule has 2 N–H and O–H groups in total. The minimum Gasteiger partial charge on any atom is -0.343 e. The summed E-state index contributed by atoms with van der Waals surface area (Å²) in [6.07, 6.45) is 4.62. The van der Waals surface area contributed by atoms with Gasteiger partial charge in [0.1, 0.15) is 11.9 Å². The Balaban J connectivity index is 1.54. The van der Waals surface area contributed by atoms with E-state index in [0.717, 1.165) is 36.8 Å². The first-order chi connectivity index (χ1) is 15.9. The van der Waals surface area contributed by atoms with E-state index in [-0.39, 0.29) is 24.2 Å². The zero-order valence-electron chi connectivity index (χ0n) is 19.4. The first-order valence-electron chi connectivity index (χ1n) is 11.8. The van der Waals surface area contributed by atoms with Crippen molar-refractivity contribution in [2.75, 3.05) is 27.2 Å². The largest absolute Gasteiger partial charge is 0.343 e. The second kappa shape index (κ2) is 10.4. The Morgan fingerprint density at radius 1 is 1.06 bits per heavy atom. The third-order valence-corrected chi connectivity index (χ3v) is 6.74. The molecule has 2 fully saturated rings. The van der Waals surface area contributed by atoms with E-state index < -0.39 is 12.1 Å². The second-order valence-electron chi connectivity index (χ2n) is 9.24. The fourth-order valence-electron chi connectivity index (χ4n) is 4.68. The van der Waals surface area contributed by atoms with Gasteiger partial charge < -0.3 is 10.2 Å². The number of amides is 2. The zero-order valence-corrected chi connectivity index (χ0v) is 19.4. The highest BCUT2D eigenvalue weighted by Gasteiger charge is 2.35. The van der Waals surface area contributed by atoms with Crippen LogP contribution < -0.4 is 10.7 Å². The molecule has 1 heterocycles. The zero-order chi connectivity index (χ0) is 23.4. The number of likely N-dealkylation sites (tertiary alicyclic amines) is 1. The Hall–Kier alpha value is -2.77. The molecular weight excluding hydrogens is 419 g/mol. The van der Waals surface area contributed by atoms with Crippen LogP contribution in [0.15, 0.2) is 48.5 Å². The first-order valence-corrected chi connectivity index (χ1v) is 11.8. The van der Waals surface area contributed by atoms with Crippen LogP contribution in [-0.4, -0.2) is 54.9 Å². The molecule has 1 saturated heterocycles.